The Morgan fingerprint density at radius 2 is 1.97 bits per heavy atom. The minimum Gasteiger partial charge on any atom is -0.493 e. The summed E-state index contributed by atoms with van der Waals surface area (Å²) < 4.78 is 15.9. The molecule has 1 saturated heterocycles. The molecule has 4 rings (SSSR count). The zero-order valence-electron chi connectivity index (χ0n) is 19.9. The molecule has 186 valence electrons. The van der Waals surface area contributed by atoms with Gasteiger partial charge in [0, 0.05) is 48.9 Å². The molecule has 2 aromatic carbocycles. The van der Waals surface area contributed by atoms with Crippen molar-refractivity contribution in [2.24, 2.45) is 11.0 Å². The Labute approximate surface area is 210 Å². The molecule has 1 fully saturated rings. The first kappa shape index (κ1) is 25.1. The summed E-state index contributed by atoms with van der Waals surface area (Å²) in [6, 6.07) is 13.0. The van der Waals surface area contributed by atoms with Crippen LogP contribution in [0.2, 0.25) is 0 Å². The Balaban J connectivity index is 1.31. The Hall–Kier alpha value is -3.04. The molecule has 0 bridgehead atoms. The lowest BCUT2D eigenvalue weighted by Gasteiger charge is -2.25. The molecule has 0 aromatic heterocycles. The number of thioether (sulfide) groups is 1. The fourth-order valence-corrected chi connectivity index (χ4v) is 4.82. The molecule has 9 heteroatoms. The molecule has 0 aliphatic carbocycles. The first-order valence-electron chi connectivity index (χ1n) is 11.8. The second-order valence-corrected chi connectivity index (χ2v) is 9.73. The van der Waals surface area contributed by atoms with Gasteiger partial charge in [-0.3, -0.25) is 14.6 Å². The number of rotatable bonds is 9. The Bertz CT molecular complexity index is 1040. The number of methoxy groups -OCH3 is 1. The van der Waals surface area contributed by atoms with Crippen LogP contribution in [-0.2, 0) is 20.7 Å². The van der Waals surface area contributed by atoms with Gasteiger partial charge in [0.25, 0.3) is 5.91 Å². The van der Waals surface area contributed by atoms with E-state index in [9.17, 15) is 9.59 Å². The third-order valence-corrected chi connectivity index (χ3v) is 6.78. The van der Waals surface area contributed by atoms with Crippen LogP contribution in [-0.4, -0.2) is 74.6 Å². The molecular formula is C26H31N3O5S. The van der Waals surface area contributed by atoms with E-state index in [-0.39, 0.29) is 30.8 Å². The van der Waals surface area contributed by atoms with Crippen LogP contribution in [0.4, 0.5) is 5.69 Å². The number of anilines is 1. The van der Waals surface area contributed by atoms with Gasteiger partial charge >= 0.3 is 5.97 Å². The second-order valence-electron chi connectivity index (χ2n) is 8.51. The highest BCUT2D eigenvalue weighted by atomic mass is 32.2. The second kappa shape index (κ2) is 12.6. The van der Waals surface area contributed by atoms with Gasteiger partial charge in [-0.2, -0.15) is 16.9 Å². The van der Waals surface area contributed by atoms with Crippen molar-refractivity contribution < 1.29 is 23.8 Å². The van der Waals surface area contributed by atoms with Gasteiger partial charge in [-0.15, -0.1) is 0 Å². The van der Waals surface area contributed by atoms with Crippen LogP contribution < -0.4 is 10.1 Å². The van der Waals surface area contributed by atoms with E-state index in [2.05, 4.69) is 15.4 Å². The van der Waals surface area contributed by atoms with Crippen LogP contribution in [0.15, 0.2) is 47.6 Å². The number of amides is 1. The molecule has 1 N–H and O–H groups in total. The first-order chi connectivity index (χ1) is 17.1. The van der Waals surface area contributed by atoms with Crippen molar-refractivity contribution in [1.29, 1.82) is 0 Å². The third kappa shape index (κ3) is 7.47. The lowest BCUT2D eigenvalue weighted by molar-refractivity contribution is -0.146. The summed E-state index contributed by atoms with van der Waals surface area (Å²) in [6.07, 6.45) is 2.80. The molecule has 2 heterocycles. The standard InChI is InChI=1S/C26H31N3O5S/c1-32-10-11-33-25(30)15-20-14-22-16-23(6-7-24(22)34-18-20)28-26(31)21-4-2-19(3-5-21)17-27-29-8-12-35-13-9-29/h2-7,16-17,20H,8-15,18H2,1H3,(H,28,31)/b27-17+. The maximum absolute atomic E-state index is 12.8. The van der Waals surface area contributed by atoms with Crippen LogP contribution >= 0.6 is 11.8 Å². The van der Waals surface area contributed by atoms with Gasteiger partial charge in [0.05, 0.1) is 25.8 Å². The van der Waals surface area contributed by atoms with E-state index < -0.39 is 0 Å². The van der Waals surface area contributed by atoms with Crippen molar-refractivity contribution in [3.05, 3.63) is 59.2 Å². The van der Waals surface area contributed by atoms with Crippen molar-refractivity contribution in [1.82, 2.24) is 5.01 Å². The molecule has 0 radical (unpaired) electrons. The summed E-state index contributed by atoms with van der Waals surface area (Å²) >= 11 is 1.95. The monoisotopic (exact) mass is 497 g/mol. The average molecular weight is 498 g/mol. The molecule has 0 spiro atoms. The number of hydrogen-bond acceptors (Lipinski definition) is 8. The maximum atomic E-state index is 12.8. The summed E-state index contributed by atoms with van der Waals surface area (Å²) in [6.45, 7) is 3.03. The third-order valence-electron chi connectivity index (χ3n) is 5.84. The average Bonchev–Trinajstić information content (AvgIpc) is 2.88. The summed E-state index contributed by atoms with van der Waals surface area (Å²) in [5, 5.41) is 9.56. The van der Waals surface area contributed by atoms with Crippen molar-refractivity contribution in [3.63, 3.8) is 0 Å². The topological polar surface area (TPSA) is 89.5 Å². The van der Waals surface area contributed by atoms with Gasteiger partial charge in [-0.05, 0) is 47.9 Å². The zero-order valence-corrected chi connectivity index (χ0v) is 20.7. The van der Waals surface area contributed by atoms with Crippen molar-refractivity contribution in [3.8, 4) is 5.75 Å². The quantitative estimate of drug-likeness (QED) is 0.322. The molecule has 2 aliphatic heterocycles. The molecule has 35 heavy (non-hydrogen) atoms. The number of hydrogen-bond donors (Lipinski definition) is 1. The van der Waals surface area contributed by atoms with Crippen LogP contribution in [0, 0.1) is 5.92 Å². The maximum Gasteiger partial charge on any atom is 0.306 e. The smallest absolute Gasteiger partial charge is 0.306 e. The number of nitrogens with one attached hydrogen (secondary N) is 1. The summed E-state index contributed by atoms with van der Waals surface area (Å²) in [4.78, 5) is 24.8. The number of nitrogens with zero attached hydrogens (tertiary/aromatic N) is 2. The van der Waals surface area contributed by atoms with Crippen LogP contribution in [0.25, 0.3) is 0 Å². The minimum absolute atomic E-state index is 0.0291. The van der Waals surface area contributed by atoms with E-state index >= 15 is 0 Å². The largest absolute Gasteiger partial charge is 0.493 e. The van der Waals surface area contributed by atoms with E-state index in [1.807, 2.05) is 48.3 Å². The van der Waals surface area contributed by atoms with E-state index in [4.69, 9.17) is 14.2 Å². The number of carbonyl (C=O) groups excluding carboxylic acids is 2. The summed E-state index contributed by atoms with van der Waals surface area (Å²) in [5.74, 6) is 2.58. The Morgan fingerprint density at radius 3 is 2.74 bits per heavy atom. The number of esters is 1. The van der Waals surface area contributed by atoms with E-state index in [0.717, 1.165) is 41.5 Å². The fraction of sp³-hybridized carbons (Fsp3) is 0.423. The molecular weight excluding hydrogens is 466 g/mol. The molecule has 8 nitrogen and oxygen atoms in total. The normalized spacial score (nSPS) is 17.5. The SMILES string of the molecule is COCCOC(=O)CC1COc2ccc(NC(=O)c3ccc(/C=N/N4CCSCC4)cc3)cc2C1. The lowest BCUT2D eigenvalue weighted by atomic mass is 9.93. The van der Waals surface area contributed by atoms with E-state index in [0.29, 0.717) is 30.9 Å². The van der Waals surface area contributed by atoms with E-state index in [1.54, 1.807) is 19.2 Å². The molecule has 2 aliphatic rings. The molecule has 1 unspecified atom stereocenters. The Morgan fingerprint density at radius 1 is 1.17 bits per heavy atom. The predicted molar refractivity (Wildman–Crippen MR) is 137 cm³/mol. The molecule has 1 atom stereocenters. The van der Waals surface area contributed by atoms with Crippen molar-refractivity contribution in [2.45, 2.75) is 12.8 Å². The van der Waals surface area contributed by atoms with Gasteiger partial charge in [0.1, 0.15) is 12.4 Å². The van der Waals surface area contributed by atoms with Gasteiger partial charge in [-0.1, -0.05) is 12.1 Å². The van der Waals surface area contributed by atoms with Gasteiger partial charge in [-0.25, -0.2) is 0 Å². The summed E-state index contributed by atoms with van der Waals surface area (Å²) in [7, 11) is 1.57. The highest BCUT2D eigenvalue weighted by Crippen LogP contribution is 2.31. The molecule has 0 saturated carbocycles. The fourth-order valence-electron chi connectivity index (χ4n) is 3.94. The van der Waals surface area contributed by atoms with Crippen LogP contribution in [0.1, 0.15) is 27.9 Å². The Kier molecular flexibility index (Phi) is 9.02. The van der Waals surface area contributed by atoms with Crippen molar-refractivity contribution in [2.75, 3.05) is 56.8 Å². The lowest BCUT2D eigenvalue weighted by Crippen LogP contribution is -2.27. The predicted octanol–water partition coefficient (Wildman–Crippen LogP) is 3.45. The molecule has 1 amide bonds. The van der Waals surface area contributed by atoms with Gasteiger partial charge < -0.3 is 19.5 Å². The van der Waals surface area contributed by atoms with E-state index in [1.165, 1.54) is 0 Å². The first-order valence-corrected chi connectivity index (χ1v) is 12.9. The number of fused-ring (bicyclic) bond motifs is 1. The van der Waals surface area contributed by atoms with Crippen LogP contribution in [0.5, 0.6) is 5.75 Å². The van der Waals surface area contributed by atoms with Crippen LogP contribution in [0.3, 0.4) is 0 Å². The van der Waals surface area contributed by atoms with Gasteiger partial charge in [0.2, 0.25) is 0 Å². The molecule has 2 aromatic rings. The summed E-state index contributed by atoms with van der Waals surface area (Å²) in [5.41, 5.74) is 3.18. The number of carbonyl (C=O) groups is 2. The number of benzene rings is 2. The minimum atomic E-state index is -0.257. The zero-order chi connectivity index (χ0) is 24.5. The van der Waals surface area contributed by atoms with Crippen molar-refractivity contribution >= 4 is 35.5 Å². The van der Waals surface area contributed by atoms with Gasteiger partial charge in [0.15, 0.2) is 0 Å². The highest BCUT2D eigenvalue weighted by molar-refractivity contribution is 7.99. The number of hydrazone groups is 1. The highest BCUT2D eigenvalue weighted by Gasteiger charge is 2.23. The number of ether oxygens (including phenoxy) is 3.